The first kappa shape index (κ1) is 12.6. The van der Waals surface area contributed by atoms with E-state index in [1.165, 1.54) is 0 Å². The van der Waals surface area contributed by atoms with Crippen molar-refractivity contribution < 1.29 is 14.6 Å². The Labute approximate surface area is 121 Å². The minimum Gasteiger partial charge on any atom is -0.479 e. The smallest absolute Gasteiger partial charge is 0.338 e. The van der Waals surface area contributed by atoms with Gasteiger partial charge in [-0.3, -0.25) is 0 Å². The molecule has 0 aliphatic carbocycles. The fraction of sp³-hybridized carbons (Fsp3) is 0.467. The van der Waals surface area contributed by atoms with Crippen LogP contribution < -0.4 is 4.90 Å². The number of para-hydroxylation sites is 2. The van der Waals surface area contributed by atoms with Crippen LogP contribution in [0.2, 0.25) is 0 Å². The van der Waals surface area contributed by atoms with Crippen LogP contribution in [0.4, 0.5) is 5.95 Å². The molecule has 1 N–H and O–H groups in total. The van der Waals surface area contributed by atoms with E-state index in [1.54, 1.807) is 0 Å². The van der Waals surface area contributed by atoms with E-state index in [1.807, 2.05) is 40.8 Å². The Morgan fingerprint density at radius 3 is 3.00 bits per heavy atom. The summed E-state index contributed by atoms with van der Waals surface area (Å²) in [7, 11) is 1.97. The van der Waals surface area contributed by atoms with Crippen LogP contribution in [0, 0.1) is 5.92 Å². The highest BCUT2D eigenvalue weighted by atomic mass is 16.5. The SMILES string of the molecule is Cn1c(N2C[C@@H]3CCO[C@]3(C(=O)O)C2)nc2ccccc21. The molecule has 0 saturated carbocycles. The van der Waals surface area contributed by atoms with E-state index in [-0.39, 0.29) is 5.92 Å². The van der Waals surface area contributed by atoms with Crippen molar-refractivity contribution in [2.24, 2.45) is 13.0 Å². The third kappa shape index (κ3) is 1.62. The van der Waals surface area contributed by atoms with Gasteiger partial charge in [0.25, 0.3) is 0 Å². The van der Waals surface area contributed by atoms with E-state index < -0.39 is 11.6 Å². The van der Waals surface area contributed by atoms with Crippen LogP contribution in [0.3, 0.4) is 0 Å². The van der Waals surface area contributed by atoms with Crippen LogP contribution in [0.25, 0.3) is 11.0 Å². The number of aryl methyl sites for hydroxylation is 1. The number of nitrogens with zero attached hydrogens (tertiary/aromatic N) is 3. The van der Waals surface area contributed by atoms with Crippen molar-refractivity contribution >= 4 is 23.0 Å². The Morgan fingerprint density at radius 2 is 2.29 bits per heavy atom. The van der Waals surface area contributed by atoms with Gasteiger partial charge in [-0.25, -0.2) is 9.78 Å². The van der Waals surface area contributed by atoms with Crippen molar-refractivity contribution in [3.8, 4) is 0 Å². The number of benzene rings is 1. The minimum absolute atomic E-state index is 0.0369. The molecule has 0 unspecified atom stereocenters. The Morgan fingerprint density at radius 1 is 1.48 bits per heavy atom. The lowest BCUT2D eigenvalue weighted by molar-refractivity contribution is -0.160. The van der Waals surface area contributed by atoms with Crippen LogP contribution in [0.1, 0.15) is 6.42 Å². The molecular weight excluding hydrogens is 270 g/mol. The quantitative estimate of drug-likeness (QED) is 0.900. The number of hydrogen-bond donors (Lipinski definition) is 1. The van der Waals surface area contributed by atoms with Gasteiger partial charge in [0.1, 0.15) is 0 Å². The standard InChI is InChI=1S/C15H17N3O3/c1-17-12-5-3-2-4-11(12)16-14(17)18-8-10-6-7-21-15(10,9-18)13(19)20/h2-5,10H,6-9H2,1H3,(H,19,20)/t10-,15+/m0/s1. The van der Waals surface area contributed by atoms with Crippen molar-refractivity contribution in [3.63, 3.8) is 0 Å². The number of anilines is 1. The molecule has 1 aromatic carbocycles. The van der Waals surface area contributed by atoms with Gasteiger partial charge in [0, 0.05) is 26.1 Å². The highest BCUT2D eigenvalue weighted by Crippen LogP contribution is 2.41. The molecule has 2 aliphatic rings. The zero-order chi connectivity index (χ0) is 14.6. The Bertz CT molecular complexity index is 726. The molecule has 2 saturated heterocycles. The number of aliphatic carboxylic acids is 1. The second kappa shape index (κ2) is 4.21. The molecule has 6 nitrogen and oxygen atoms in total. The van der Waals surface area contributed by atoms with Crippen molar-refractivity contribution in [1.29, 1.82) is 0 Å². The van der Waals surface area contributed by atoms with Gasteiger partial charge in [-0.1, -0.05) is 12.1 Å². The number of carbonyl (C=O) groups is 1. The molecule has 6 heteroatoms. The van der Waals surface area contributed by atoms with Crippen LogP contribution in [0.5, 0.6) is 0 Å². The van der Waals surface area contributed by atoms with Crippen LogP contribution in [-0.2, 0) is 16.6 Å². The molecule has 2 aliphatic heterocycles. The lowest BCUT2D eigenvalue weighted by Gasteiger charge is -2.23. The third-order valence-corrected chi connectivity index (χ3v) is 4.76. The van der Waals surface area contributed by atoms with E-state index in [4.69, 9.17) is 4.74 Å². The monoisotopic (exact) mass is 287 g/mol. The number of rotatable bonds is 2. The molecule has 2 atom stereocenters. The maximum absolute atomic E-state index is 11.7. The highest BCUT2D eigenvalue weighted by Gasteiger charge is 2.57. The van der Waals surface area contributed by atoms with Crippen LogP contribution >= 0.6 is 0 Å². The predicted octanol–water partition coefficient (Wildman–Crippen LogP) is 1.25. The van der Waals surface area contributed by atoms with Crippen LogP contribution in [-0.4, -0.2) is 45.9 Å². The van der Waals surface area contributed by atoms with Gasteiger partial charge in [0.05, 0.1) is 17.6 Å². The average molecular weight is 287 g/mol. The molecule has 21 heavy (non-hydrogen) atoms. The van der Waals surface area contributed by atoms with Crippen LogP contribution in [0.15, 0.2) is 24.3 Å². The van der Waals surface area contributed by atoms with Crippen molar-refractivity contribution in [3.05, 3.63) is 24.3 Å². The maximum atomic E-state index is 11.7. The van der Waals surface area contributed by atoms with E-state index in [0.717, 1.165) is 23.4 Å². The molecule has 2 fully saturated rings. The summed E-state index contributed by atoms with van der Waals surface area (Å²) < 4.78 is 7.63. The zero-order valence-corrected chi connectivity index (χ0v) is 11.8. The van der Waals surface area contributed by atoms with E-state index in [2.05, 4.69) is 4.98 Å². The topological polar surface area (TPSA) is 67.6 Å². The van der Waals surface area contributed by atoms with Gasteiger partial charge in [0.2, 0.25) is 5.95 Å². The molecule has 0 spiro atoms. The first-order chi connectivity index (χ1) is 10.1. The predicted molar refractivity (Wildman–Crippen MR) is 77.4 cm³/mol. The lowest BCUT2D eigenvalue weighted by Crippen LogP contribution is -2.45. The minimum atomic E-state index is -1.06. The summed E-state index contributed by atoms with van der Waals surface area (Å²) >= 11 is 0. The average Bonchev–Trinajstić information content (AvgIpc) is 3.10. The summed E-state index contributed by atoms with van der Waals surface area (Å²) in [6.45, 7) is 1.58. The fourth-order valence-electron chi connectivity index (χ4n) is 3.63. The Hall–Kier alpha value is -2.08. The second-order valence-electron chi connectivity index (χ2n) is 5.87. The van der Waals surface area contributed by atoms with Gasteiger partial charge >= 0.3 is 5.97 Å². The van der Waals surface area contributed by atoms with Gasteiger partial charge in [-0.2, -0.15) is 0 Å². The zero-order valence-electron chi connectivity index (χ0n) is 11.8. The Balaban J connectivity index is 1.74. The van der Waals surface area contributed by atoms with E-state index >= 15 is 0 Å². The molecule has 0 amide bonds. The first-order valence-electron chi connectivity index (χ1n) is 7.15. The summed E-state index contributed by atoms with van der Waals surface area (Å²) in [4.78, 5) is 18.4. The number of ether oxygens (including phenoxy) is 1. The molecular formula is C15H17N3O3. The molecule has 0 bridgehead atoms. The first-order valence-corrected chi connectivity index (χ1v) is 7.15. The molecule has 0 radical (unpaired) electrons. The maximum Gasteiger partial charge on any atom is 0.338 e. The fourth-order valence-corrected chi connectivity index (χ4v) is 3.63. The number of aromatic nitrogens is 2. The van der Waals surface area contributed by atoms with E-state index in [0.29, 0.717) is 19.7 Å². The molecule has 4 rings (SSSR count). The van der Waals surface area contributed by atoms with Gasteiger partial charge < -0.3 is 19.3 Å². The molecule has 1 aromatic heterocycles. The molecule has 2 aromatic rings. The van der Waals surface area contributed by atoms with Gasteiger partial charge in [0.15, 0.2) is 5.60 Å². The molecule has 3 heterocycles. The largest absolute Gasteiger partial charge is 0.479 e. The van der Waals surface area contributed by atoms with E-state index in [9.17, 15) is 9.90 Å². The highest BCUT2D eigenvalue weighted by molar-refractivity contribution is 5.82. The second-order valence-corrected chi connectivity index (χ2v) is 5.87. The summed E-state index contributed by atoms with van der Waals surface area (Å²) in [6, 6.07) is 7.93. The number of carboxylic acid groups (broad SMARTS) is 1. The lowest BCUT2D eigenvalue weighted by atomic mass is 9.91. The van der Waals surface area contributed by atoms with Crippen molar-refractivity contribution in [2.75, 3.05) is 24.6 Å². The third-order valence-electron chi connectivity index (χ3n) is 4.76. The van der Waals surface area contributed by atoms with Crippen molar-refractivity contribution in [2.45, 2.75) is 12.0 Å². The summed E-state index contributed by atoms with van der Waals surface area (Å²) in [6.07, 6.45) is 0.798. The van der Waals surface area contributed by atoms with Gasteiger partial charge in [-0.05, 0) is 18.6 Å². The summed E-state index contributed by atoms with van der Waals surface area (Å²) in [5, 5.41) is 9.57. The Kier molecular flexibility index (Phi) is 2.53. The molecule has 110 valence electrons. The number of imidazole rings is 1. The number of carboxylic acids is 1. The normalized spacial score (nSPS) is 28.2. The summed E-state index contributed by atoms with van der Waals surface area (Å²) in [5.41, 5.74) is 0.921. The van der Waals surface area contributed by atoms with Gasteiger partial charge in [-0.15, -0.1) is 0 Å². The van der Waals surface area contributed by atoms with Crippen molar-refractivity contribution in [1.82, 2.24) is 9.55 Å². The number of fused-ring (bicyclic) bond motifs is 2. The number of hydrogen-bond acceptors (Lipinski definition) is 4. The summed E-state index contributed by atoms with van der Waals surface area (Å²) in [5.74, 6) is -0.00379.